The van der Waals surface area contributed by atoms with Gasteiger partial charge in [-0.15, -0.1) is 0 Å². The fraction of sp³-hybridized carbons (Fsp3) is 0.300. The first-order valence-electron chi connectivity index (χ1n) is 9.91. The molecule has 1 aliphatic rings. The van der Waals surface area contributed by atoms with E-state index in [9.17, 15) is 28.1 Å². The monoisotopic (exact) mass is 477 g/mol. The number of carbonyl (C=O) groups excluding carboxylic acids is 2. The normalized spacial score (nSPS) is 14.9. The molecule has 0 unspecified atom stereocenters. The van der Waals surface area contributed by atoms with Crippen molar-refractivity contribution in [2.45, 2.75) is 4.90 Å². The maximum absolute atomic E-state index is 12.9. The standard InChI is InChI=1S/C20H23N5O7S/c1-32-18-8-7-16(13-17(18)25(28)29)33(30,31)24-11-9-23(10-12-24)14-19(26)22-20(27)21-15-5-3-2-4-6-15/h2-8,13H,9-12,14H2,1H3,(H2,21,22,26,27). The van der Waals surface area contributed by atoms with Crippen LogP contribution >= 0.6 is 0 Å². The number of imide groups is 1. The molecule has 176 valence electrons. The third-order valence-electron chi connectivity index (χ3n) is 4.97. The van der Waals surface area contributed by atoms with Gasteiger partial charge >= 0.3 is 11.7 Å². The Hall–Kier alpha value is -3.55. The molecule has 0 aromatic heterocycles. The topological polar surface area (TPSA) is 151 Å². The summed E-state index contributed by atoms with van der Waals surface area (Å²) in [6.45, 7) is 0.609. The van der Waals surface area contributed by atoms with Crippen molar-refractivity contribution < 1.29 is 27.7 Å². The van der Waals surface area contributed by atoms with Crippen LogP contribution in [0.15, 0.2) is 53.4 Å². The van der Waals surface area contributed by atoms with Gasteiger partial charge in [0.15, 0.2) is 5.75 Å². The molecule has 2 aromatic rings. The number of rotatable bonds is 7. The molecule has 12 nitrogen and oxygen atoms in total. The lowest BCUT2D eigenvalue weighted by Crippen LogP contribution is -2.51. The summed E-state index contributed by atoms with van der Waals surface area (Å²) in [7, 11) is -2.71. The van der Waals surface area contributed by atoms with Gasteiger partial charge in [0.1, 0.15) is 0 Å². The highest BCUT2D eigenvalue weighted by atomic mass is 32.2. The van der Waals surface area contributed by atoms with Crippen LogP contribution in [0.2, 0.25) is 0 Å². The van der Waals surface area contributed by atoms with Gasteiger partial charge in [0.2, 0.25) is 15.9 Å². The summed E-state index contributed by atoms with van der Waals surface area (Å²) in [5, 5.41) is 16.0. The molecule has 1 fully saturated rings. The van der Waals surface area contributed by atoms with E-state index in [2.05, 4.69) is 10.6 Å². The third kappa shape index (κ3) is 6.03. The van der Waals surface area contributed by atoms with Crippen LogP contribution < -0.4 is 15.4 Å². The van der Waals surface area contributed by atoms with E-state index < -0.39 is 32.6 Å². The molecule has 2 N–H and O–H groups in total. The molecule has 0 atom stereocenters. The molecule has 33 heavy (non-hydrogen) atoms. The Balaban J connectivity index is 1.54. The summed E-state index contributed by atoms with van der Waals surface area (Å²) in [6, 6.07) is 11.5. The Bertz CT molecular complexity index is 1130. The number of hydrogen-bond acceptors (Lipinski definition) is 8. The van der Waals surface area contributed by atoms with Crippen LogP contribution in [-0.2, 0) is 14.8 Å². The van der Waals surface area contributed by atoms with Gasteiger partial charge in [0.25, 0.3) is 0 Å². The number of methoxy groups -OCH3 is 1. The van der Waals surface area contributed by atoms with Crippen LogP contribution in [0.4, 0.5) is 16.2 Å². The van der Waals surface area contributed by atoms with Gasteiger partial charge in [0.05, 0.1) is 23.5 Å². The zero-order chi connectivity index (χ0) is 24.0. The van der Waals surface area contributed by atoms with E-state index in [0.29, 0.717) is 5.69 Å². The van der Waals surface area contributed by atoms with Crippen molar-refractivity contribution in [3.63, 3.8) is 0 Å². The SMILES string of the molecule is COc1ccc(S(=O)(=O)N2CCN(CC(=O)NC(=O)Nc3ccccc3)CC2)cc1[N+](=O)[O-]. The second kappa shape index (κ2) is 10.4. The Morgan fingerprint density at radius 1 is 1.09 bits per heavy atom. The van der Waals surface area contributed by atoms with Gasteiger partial charge in [-0.1, -0.05) is 18.2 Å². The number of nitro benzene ring substituents is 1. The predicted molar refractivity (Wildman–Crippen MR) is 118 cm³/mol. The summed E-state index contributed by atoms with van der Waals surface area (Å²) in [4.78, 5) is 36.1. The minimum Gasteiger partial charge on any atom is -0.490 e. The number of urea groups is 1. The number of para-hydroxylation sites is 1. The molecule has 1 heterocycles. The first-order chi connectivity index (χ1) is 15.7. The molecule has 2 aromatic carbocycles. The van der Waals surface area contributed by atoms with Crippen LogP contribution in [0, 0.1) is 10.1 Å². The molecule has 13 heteroatoms. The summed E-state index contributed by atoms with van der Waals surface area (Å²) < 4.78 is 32.0. The fourth-order valence-corrected chi connectivity index (χ4v) is 4.75. The highest BCUT2D eigenvalue weighted by Gasteiger charge is 2.31. The lowest BCUT2D eigenvalue weighted by atomic mass is 10.3. The van der Waals surface area contributed by atoms with E-state index in [1.165, 1.54) is 23.5 Å². The van der Waals surface area contributed by atoms with E-state index in [0.717, 1.165) is 6.07 Å². The number of nitro groups is 1. The third-order valence-corrected chi connectivity index (χ3v) is 6.86. The van der Waals surface area contributed by atoms with Crippen molar-refractivity contribution in [2.24, 2.45) is 0 Å². The van der Waals surface area contributed by atoms with Gasteiger partial charge in [-0.05, 0) is 24.3 Å². The predicted octanol–water partition coefficient (Wildman–Crippen LogP) is 1.26. The van der Waals surface area contributed by atoms with Crippen LogP contribution in [0.1, 0.15) is 0 Å². The minimum atomic E-state index is -3.97. The molecule has 3 amide bonds. The maximum Gasteiger partial charge on any atom is 0.325 e. The molecular weight excluding hydrogens is 454 g/mol. The Morgan fingerprint density at radius 2 is 1.76 bits per heavy atom. The summed E-state index contributed by atoms with van der Waals surface area (Å²) in [5.74, 6) is -0.559. The molecule has 1 aliphatic heterocycles. The van der Waals surface area contributed by atoms with Gasteiger partial charge < -0.3 is 10.1 Å². The number of benzene rings is 2. The van der Waals surface area contributed by atoms with Crippen molar-refractivity contribution in [3.8, 4) is 5.75 Å². The van der Waals surface area contributed by atoms with E-state index in [-0.39, 0.29) is 43.4 Å². The average Bonchev–Trinajstić information content (AvgIpc) is 2.79. The average molecular weight is 477 g/mol. The van der Waals surface area contributed by atoms with Crippen molar-refractivity contribution in [1.29, 1.82) is 0 Å². The van der Waals surface area contributed by atoms with Gasteiger partial charge in [-0.2, -0.15) is 4.31 Å². The number of nitrogens with zero attached hydrogens (tertiary/aromatic N) is 3. The summed E-state index contributed by atoms with van der Waals surface area (Å²) in [6.07, 6.45) is 0. The highest BCUT2D eigenvalue weighted by Crippen LogP contribution is 2.30. The first kappa shape index (κ1) is 24.1. The lowest BCUT2D eigenvalue weighted by molar-refractivity contribution is -0.386. The number of nitrogens with one attached hydrogen (secondary N) is 2. The maximum atomic E-state index is 12.9. The van der Waals surface area contributed by atoms with E-state index in [1.54, 1.807) is 35.2 Å². The van der Waals surface area contributed by atoms with E-state index in [1.807, 2.05) is 0 Å². The summed E-state index contributed by atoms with van der Waals surface area (Å²) >= 11 is 0. The largest absolute Gasteiger partial charge is 0.490 e. The van der Waals surface area contributed by atoms with E-state index >= 15 is 0 Å². The van der Waals surface area contributed by atoms with Gasteiger partial charge in [-0.3, -0.25) is 25.1 Å². The van der Waals surface area contributed by atoms with Crippen molar-refractivity contribution in [1.82, 2.24) is 14.5 Å². The smallest absolute Gasteiger partial charge is 0.325 e. The Morgan fingerprint density at radius 3 is 2.36 bits per heavy atom. The zero-order valence-corrected chi connectivity index (χ0v) is 18.6. The molecule has 0 bridgehead atoms. The number of piperazine rings is 1. The molecule has 0 saturated carbocycles. The molecular formula is C20H23N5O7S. The number of hydrogen-bond donors (Lipinski definition) is 2. The second-order valence-electron chi connectivity index (χ2n) is 7.14. The number of amides is 3. The van der Waals surface area contributed by atoms with E-state index in [4.69, 9.17) is 4.74 Å². The molecule has 0 aliphatic carbocycles. The number of sulfonamides is 1. The number of carbonyl (C=O) groups is 2. The number of ether oxygens (including phenoxy) is 1. The van der Waals surface area contributed by atoms with Crippen molar-refractivity contribution in [3.05, 3.63) is 58.6 Å². The van der Waals surface area contributed by atoms with Gasteiger partial charge in [-0.25, -0.2) is 13.2 Å². The van der Waals surface area contributed by atoms with Crippen molar-refractivity contribution >= 4 is 33.3 Å². The number of anilines is 1. The van der Waals surface area contributed by atoms with Crippen LogP contribution in [0.3, 0.4) is 0 Å². The minimum absolute atomic E-state index is 0.0360. The van der Waals surface area contributed by atoms with Crippen molar-refractivity contribution in [2.75, 3.05) is 45.2 Å². The quantitative estimate of drug-likeness (QED) is 0.447. The lowest BCUT2D eigenvalue weighted by Gasteiger charge is -2.33. The fourth-order valence-electron chi connectivity index (χ4n) is 3.30. The Kier molecular flexibility index (Phi) is 7.58. The first-order valence-corrected chi connectivity index (χ1v) is 11.4. The summed E-state index contributed by atoms with van der Waals surface area (Å²) in [5.41, 5.74) is 0.100. The molecule has 0 spiro atoms. The highest BCUT2D eigenvalue weighted by molar-refractivity contribution is 7.89. The Labute approximate surface area is 190 Å². The van der Waals surface area contributed by atoms with Crippen LogP contribution in [-0.4, -0.2) is 74.3 Å². The zero-order valence-electron chi connectivity index (χ0n) is 17.8. The van der Waals surface area contributed by atoms with Crippen LogP contribution in [0.5, 0.6) is 5.75 Å². The molecule has 1 saturated heterocycles. The van der Waals surface area contributed by atoms with Gasteiger partial charge in [0, 0.05) is 37.9 Å². The van der Waals surface area contributed by atoms with Crippen LogP contribution in [0.25, 0.3) is 0 Å². The molecule has 0 radical (unpaired) electrons. The second-order valence-corrected chi connectivity index (χ2v) is 9.08. The molecule has 3 rings (SSSR count).